The first-order chi connectivity index (χ1) is 8.94. The Morgan fingerprint density at radius 3 is 2.30 bits per heavy atom. The maximum Gasteiger partial charge on any atom is 0.387 e. The number of rotatable bonds is 4. The van der Waals surface area contributed by atoms with Gasteiger partial charge < -0.3 is 4.74 Å². The standard InChI is InChI=1S/C12H16ClF2NO3S/c1-7-5-6-8(9(13)10(7)19-11(14)15)20(17,18)16-12(2,3)4/h5-6,11,16H,1-4H3. The monoisotopic (exact) mass is 327 g/mol. The van der Waals surface area contributed by atoms with Crippen molar-refractivity contribution in [3.63, 3.8) is 0 Å². The van der Waals surface area contributed by atoms with Crippen molar-refractivity contribution in [1.29, 1.82) is 0 Å². The zero-order chi connectivity index (χ0) is 15.7. The highest BCUT2D eigenvalue weighted by atomic mass is 35.5. The van der Waals surface area contributed by atoms with Gasteiger partial charge in [0.05, 0.1) is 0 Å². The molecule has 0 aliphatic heterocycles. The Labute approximate surface area is 122 Å². The van der Waals surface area contributed by atoms with E-state index in [1.165, 1.54) is 19.1 Å². The van der Waals surface area contributed by atoms with E-state index in [1.807, 2.05) is 0 Å². The third-order valence-electron chi connectivity index (χ3n) is 2.20. The lowest BCUT2D eigenvalue weighted by Crippen LogP contribution is -2.40. The number of ether oxygens (including phenoxy) is 1. The Hall–Kier alpha value is -0.920. The van der Waals surface area contributed by atoms with E-state index in [0.717, 1.165) is 0 Å². The maximum absolute atomic E-state index is 12.3. The molecule has 0 radical (unpaired) electrons. The van der Waals surface area contributed by atoms with Gasteiger partial charge in [0.15, 0.2) is 0 Å². The highest BCUT2D eigenvalue weighted by Gasteiger charge is 2.27. The highest BCUT2D eigenvalue weighted by Crippen LogP contribution is 2.35. The lowest BCUT2D eigenvalue weighted by molar-refractivity contribution is -0.0503. The Bertz CT molecular complexity index is 597. The van der Waals surface area contributed by atoms with Gasteiger partial charge in [0.2, 0.25) is 10.0 Å². The molecule has 20 heavy (non-hydrogen) atoms. The van der Waals surface area contributed by atoms with Gasteiger partial charge in [-0.05, 0) is 39.3 Å². The van der Waals surface area contributed by atoms with E-state index in [-0.39, 0.29) is 15.7 Å². The average molecular weight is 328 g/mol. The van der Waals surface area contributed by atoms with Gasteiger partial charge in [0.25, 0.3) is 0 Å². The van der Waals surface area contributed by atoms with Gasteiger partial charge >= 0.3 is 6.61 Å². The van der Waals surface area contributed by atoms with Crippen LogP contribution in [-0.4, -0.2) is 20.6 Å². The van der Waals surface area contributed by atoms with E-state index >= 15 is 0 Å². The van der Waals surface area contributed by atoms with Gasteiger partial charge in [0.1, 0.15) is 15.7 Å². The summed E-state index contributed by atoms with van der Waals surface area (Å²) in [6, 6.07) is 2.62. The Morgan fingerprint density at radius 1 is 1.30 bits per heavy atom. The fraction of sp³-hybridized carbons (Fsp3) is 0.500. The summed E-state index contributed by atoms with van der Waals surface area (Å²) in [5.74, 6) is -0.335. The van der Waals surface area contributed by atoms with Crippen molar-refractivity contribution in [2.45, 2.75) is 44.7 Å². The van der Waals surface area contributed by atoms with E-state index < -0.39 is 22.2 Å². The fourth-order valence-electron chi connectivity index (χ4n) is 1.53. The summed E-state index contributed by atoms with van der Waals surface area (Å²) in [5.41, 5.74) is -0.401. The third kappa shape index (κ3) is 4.29. The maximum atomic E-state index is 12.3. The van der Waals surface area contributed by atoms with E-state index in [9.17, 15) is 17.2 Å². The Morgan fingerprint density at radius 2 is 1.85 bits per heavy atom. The predicted octanol–water partition coefficient (Wildman–Crippen LogP) is 3.33. The van der Waals surface area contributed by atoms with Crippen LogP contribution in [-0.2, 0) is 10.0 Å². The van der Waals surface area contributed by atoms with Gasteiger partial charge in [-0.2, -0.15) is 8.78 Å². The van der Waals surface area contributed by atoms with E-state index in [4.69, 9.17) is 11.6 Å². The number of hydrogen-bond acceptors (Lipinski definition) is 3. The van der Waals surface area contributed by atoms with Crippen LogP contribution < -0.4 is 9.46 Å². The molecule has 0 fully saturated rings. The summed E-state index contributed by atoms with van der Waals surface area (Å²) in [6.07, 6.45) is 0. The lowest BCUT2D eigenvalue weighted by Gasteiger charge is -2.21. The number of sulfonamides is 1. The summed E-state index contributed by atoms with van der Waals surface area (Å²) in [5, 5.41) is -0.359. The highest BCUT2D eigenvalue weighted by molar-refractivity contribution is 7.89. The van der Waals surface area contributed by atoms with Gasteiger partial charge in [0, 0.05) is 5.54 Å². The van der Waals surface area contributed by atoms with Crippen LogP contribution in [0.15, 0.2) is 17.0 Å². The molecular weight excluding hydrogens is 312 g/mol. The molecule has 0 aliphatic carbocycles. The average Bonchev–Trinajstić information content (AvgIpc) is 2.19. The molecule has 0 unspecified atom stereocenters. The van der Waals surface area contributed by atoms with Crippen molar-refractivity contribution in [3.8, 4) is 5.75 Å². The summed E-state index contributed by atoms with van der Waals surface area (Å²) in [6.45, 7) is 3.38. The first-order valence-electron chi connectivity index (χ1n) is 5.72. The summed E-state index contributed by atoms with van der Waals surface area (Å²) in [4.78, 5) is -0.296. The van der Waals surface area contributed by atoms with E-state index in [1.54, 1.807) is 20.8 Å². The second-order valence-electron chi connectivity index (χ2n) is 5.26. The molecule has 4 nitrogen and oxygen atoms in total. The molecular formula is C12H16ClF2NO3S. The normalized spacial score (nSPS) is 12.8. The molecule has 0 spiro atoms. The molecule has 0 heterocycles. The number of nitrogens with one attached hydrogen (secondary N) is 1. The van der Waals surface area contributed by atoms with Crippen molar-refractivity contribution in [3.05, 3.63) is 22.7 Å². The molecule has 0 aliphatic rings. The van der Waals surface area contributed by atoms with Gasteiger partial charge in [-0.15, -0.1) is 0 Å². The van der Waals surface area contributed by atoms with Crippen molar-refractivity contribution < 1.29 is 21.9 Å². The fourth-order valence-corrected chi connectivity index (χ4v) is 3.59. The van der Waals surface area contributed by atoms with Crippen LogP contribution in [0.3, 0.4) is 0 Å². The third-order valence-corrected chi connectivity index (χ3v) is 4.48. The minimum atomic E-state index is -3.93. The van der Waals surface area contributed by atoms with Crippen LogP contribution in [0.2, 0.25) is 5.02 Å². The summed E-state index contributed by atoms with van der Waals surface area (Å²) in [7, 11) is -3.93. The number of aryl methyl sites for hydroxylation is 1. The summed E-state index contributed by atoms with van der Waals surface area (Å²) < 4.78 is 55.7. The van der Waals surface area contributed by atoms with Crippen molar-refractivity contribution in [2.24, 2.45) is 0 Å². The minimum absolute atomic E-state index is 0.296. The lowest BCUT2D eigenvalue weighted by atomic mass is 10.1. The molecule has 8 heteroatoms. The van der Waals surface area contributed by atoms with Crippen LogP contribution >= 0.6 is 11.6 Å². The number of hydrogen-bond donors (Lipinski definition) is 1. The van der Waals surface area contributed by atoms with E-state index in [2.05, 4.69) is 9.46 Å². The van der Waals surface area contributed by atoms with Gasteiger partial charge in [-0.25, -0.2) is 13.1 Å². The Balaban J connectivity index is 3.34. The molecule has 0 saturated heterocycles. The molecule has 1 aromatic rings. The predicted molar refractivity (Wildman–Crippen MR) is 72.9 cm³/mol. The number of benzene rings is 1. The van der Waals surface area contributed by atoms with Crippen molar-refractivity contribution in [2.75, 3.05) is 0 Å². The number of halogens is 3. The Kier molecular flexibility index (Phi) is 4.99. The van der Waals surface area contributed by atoms with Gasteiger partial charge in [-0.3, -0.25) is 0 Å². The van der Waals surface area contributed by atoms with Crippen LogP contribution in [0.25, 0.3) is 0 Å². The molecule has 114 valence electrons. The first-order valence-corrected chi connectivity index (χ1v) is 7.58. The molecule has 0 atom stereocenters. The number of alkyl halides is 2. The van der Waals surface area contributed by atoms with E-state index in [0.29, 0.717) is 5.56 Å². The molecule has 1 N–H and O–H groups in total. The zero-order valence-corrected chi connectivity index (χ0v) is 13.1. The molecule has 0 amide bonds. The molecule has 0 aromatic heterocycles. The minimum Gasteiger partial charge on any atom is -0.433 e. The summed E-state index contributed by atoms with van der Waals surface area (Å²) >= 11 is 5.89. The van der Waals surface area contributed by atoms with Crippen molar-refractivity contribution >= 4 is 21.6 Å². The van der Waals surface area contributed by atoms with Crippen LogP contribution in [0, 0.1) is 6.92 Å². The second kappa shape index (κ2) is 5.83. The topological polar surface area (TPSA) is 55.4 Å². The SMILES string of the molecule is Cc1ccc(S(=O)(=O)NC(C)(C)C)c(Cl)c1OC(F)F. The first kappa shape index (κ1) is 17.1. The molecule has 1 aromatic carbocycles. The molecule has 0 saturated carbocycles. The smallest absolute Gasteiger partial charge is 0.387 e. The van der Waals surface area contributed by atoms with Crippen LogP contribution in [0.1, 0.15) is 26.3 Å². The van der Waals surface area contributed by atoms with Crippen LogP contribution in [0.5, 0.6) is 5.75 Å². The quantitative estimate of drug-likeness (QED) is 0.923. The second-order valence-corrected chi connectivity index (χ2v) is 7.29. The zero-order valence-electron chi connectivity index (χ0n) is 11.5. The molecule has 0 bridgehead atoms. The van der Waals surface area contributed by atoms with Gasteiger partial charge in [-0.1, -0.05) is 17.7 Å². The van der Waals surface area contributed by atoms with Crippen molar-refractivity contribution in [1.82, 2.24) is 4.72 Å². The molecule has 1 rings (SSSR count). The van der Waals surface area contributed by atoms with Crippen LogP contribution in [0.4, 0.5) is 8.78 Å². The largest absolute Gasteiger partial charge is 0.433 e.